The fourth-order valence-corrected chi connectivity index (χ4v) is 2.22. The number of fused-ring (bicyclic) bond motifs is 2. The van der Waals surface area contributed by atoms with Gasteiger partial charge in [0.05, 0.1) is 12.3 Å². The lowest BCUT2D eigenvalue weighted by Crippen LogP contribution is -2.24. The monoisotopic (exact) mass is 214 g/mol. The van der Waals surface area contributed by atoms with Gasteiger partial charge in [-0.2, -0.15) is 0 Å². The number of aryl methyl sites for hydroxylation is 1. The van der Waals surface area contributed by atoms with E-state index in [1.165, 1.54) is 10.7 Å². The zero-order chi connectivity index (χ0) is 11.1. The molecule has 16 heavy (non-hydrogen) atoms. The fraction of sp³-hybridized carbons (Fsp3) is 0.364. The zero-order valence-corrected chi connectivity index (χ0v) is 8.66. The summed E-state index contributed by atoms with van der Waals surface area (Å²) in [6.07, 6.45) is 5.31. The highest BCUT2D eigenvalue weighted by molar-refractivity contribution is 5.67. The van der Waals surface area contributed by atoms with Crippen molar-refractivity contribution in [1.82, 2.24) is 14.6 Å². The first-order chi connectivity index (χ1) is 7.81. The zero-order valence-electron chi connectivity index (χ0n) is 8.66. The van der Waals surface area contributed by atoms with Crippen molar-refractivity contribution in [3.8, 4) is 0 Å². The van der Waals surface area contributed by atoms with Crippen LogP contribution in [0, 0.1) is 6.57 Å². The molecule has 0 aromatic carbocycles. The standard InChI is InChI=1S/C11H10N4O/c1-12-9-6-13-15-10(9)14-8-5-3-2-4-7(8)11(15)16/h6,13H,2-5H2. The van der Waals surface area contributed by atoms with Gasteiger partial charge in [-0.15, -0.1) is 0 Å². The molecule has 3 rings (SSSR count). The molecule has 5 heteroatoms. The summed E-state index contributed by atoms with van der Waals surface area (Å²) < 4.78 is 1.37. The van der Waals surface area contributed by atoms with Crippen molar-refractivity contribution in [2.24, 2.45) is 0 Å². The Balaban J connectivity index is 2.42. The Bertz CT molecular complexity index is 659. The van der Waals surface area contributed by atoms with Crippen LogP contribution in [-0.4, -0.2) is 14.6 Å². The van der Waals surface area contributed by atoms with Crippen molar-refractivity contribution >= 4 is 11.3 Å². The Morgan fingerprint density at radius 2 is 2.25 bits per heavy atom. The first-order valence-corrected chi connectivity index (χ1v) is 5.30. The van der Waals surface area contributed by atoms with Gasteiger partial charge >= 0.3 is 0 Å². The summed E-state index contributed by atoms with van der Waals surface area (Å²) in [6, 6.07) is 0. The number of H-pyrrole nitrogens is 1. The molecule has 2 heterocycles. The van der Waals surface area contributed by atoms with Crippen LogP contribution in [0.2, 0.25) is 0 Å². The molecular formula is C11H10N4O. The molecule has 0 saturated heterocycles. The van der Waals surface area contributed by atoms with E-state index in [1.54, 1.807) is 0 Å². The molecule has 0 atom stereocenters. The van der Waals surface area contributed by atoms with Crippen molar-refractivity contribution < 1.29 is 0 Å². The molecule has 1 aliphatic rings. The molecule has 5 nitrogen and oxygen atoms in total. The largest absolute Gasteiger partial charge is 0.308 e. The van der Waals surface area contributed by atoms with Crippen molar-refractivity contribution in [3.63, 3.8) is 0 Å². The SMILES string of the molecule is [C-]#[N+]c1c[nH]n2c(=O)c3c(nc12)CCCC3. The molecular weight excluding hydrogens is 204 g/mol. The van der Waals surface area contributed by atoms with Crippen molar-refractivity contribution in [2.75, 3.05) is 0 Å². The lowest BCUT2D eigenvalue weighted by Gasteiger charge is -2.13. The summed E-state index contributed by atoms with van der Waals surface area (Å²) in [4.78, 5) is 19.9. The van der Waals surface area contributed by atoms with Gasteiger partial charge in [-0.3, -0.25) is 4.79 Å². The van der Waals surface area contributed by atoms with Gasteiger partial charge in [-0.1, -0.05) is 0 Å². The molecule has 1 aliphatic carbocycles. The molecule has 0 fully saturated rings. The highest BCUT2D eigenvalue weighted by atomic mass is 16.1. The Hall–Kier alpha value is -2.09. The molecule has 80 valence electrons. The minimum absolute atomic E-state index is 0.0467. The van der Waals surface area contributed by atoms with Gasteiger partial charge in [0.1, 0.15) is 0 Å². The van der Waals surface area contributed by atoms with E-state index < -0.39 is 0 Å². The summed E-state index contributed by atoms with van der Waals surface area (Å²) in [6.45, 7) is 7.00. The van der Waals surface area contributed by atoms with Gasteiger partial charge in [0.15, 0.2) is 5.65 Å². The molecule has 2 aromatic heterocycles. The topological polar surface area (TPSA) is 54.5 Å². The number of nitrogens with zero attached hydrogens (tertiary/aromatic N) is 3. The lowest BCUT2D eigenvalue weighted by molar-refractivity contribution is 0.651. The lowest BCUT2D eigenvalue weighted by atomic mass is 9.97. The van der Waals surface area contributed by atoms with Gasteiger partial charge in [0, 0.05) is 11.8 Å². The fourth-order valence-electron chi connectivity index (χ4n) is 2.22. The number of aromatic nitrogens is 3. The van der Waals surface area contributed by atoms with E-state index in [-0.39, 0.29) is 5.56 Å². The van der Waals surface area contributed by atoms with Crippen LogP contribution in [0.3, 0.4) is 0 Å². The quantitative estimate of drug-likeness (QED) is 0.675. The van der Waals surface area contributed by atoms with E-state index in [0.29, 0.717) is 11.3 Å². The normalized spacial score (nSPS) is 14.7. The second-order valence-corrected chi connectivity index (χ2v) is 3.98. The minimum atomic E-state index is -0.0467. The average Bonchev–Trinajstić information content (AvgIpc) is 2.72. The van der Waals surface area contributed by atoms with Crippen LogP contribution in [0.1, 0.15) is 24.1 Å². The Kier molecular flexibility index (Phi) is 1.83. The summed E-state index contributed by atoms with van der Waals surface area (Å²) in [5, 5.41) is 2.79. The predicted molar refractivity (Wildman–Crippen MR) is 58.7 cm³/mol. The summed E-state index contributed by atoms with van der Waals surface area (Å²) >= 11 is 0. The second-order valence-electron chi connectivity index (χ2n) is 3.98. The molecule has 0 amide bonds. The van der Waals surface area contributed by atoms with Crippen molar-refractivity contribution in [1.29, 1.82) is 0 Å². The van der Waals surface area contributed by atoms with Gasteiger partial charge in [-0.05, 0) is 25.7 Å². The number of rotatable bonds is 0. The van der Waals surface area contributed by atoms with Crippen LogP contribution in [0.4, 0.5) is 5.69 Å². The molecule has 0 aliphatic heterocycles. The average molecular weight is 214 g/mol. The van der Waals surface area contributed by atoms with Gasteiger partial charge in [0.2, 0.25) is 5.69 Å². The molecule has 0 spiro atoms. The van der Waals surface area contributed by atoms with E-state index >= 15 is 0 Å². The van der Waals surface area contributed by atoms with Crippen molar-refractivity contribution in [3.05, 3.63) is 39.2 Å². The van der Waals surface area contributed by atoms with Gasteiger partial charge in [-0.25, -0.2) is 14.3 Å². The van der Waals surface area contributed by atoms with Crippen LogP contribution < -0.4 is 5.56 Å². The number of hydrogen-bond donors (Lipinski definition) is 1. The number of aromatic amines is 1. The van der Waals surface area contributed by atoms with Crippen LogP contribution in [-0.2, 0) is 12.8 Å². The van der Waals surface area contributed by atoms with Crippen LogP contribution in [0.5, 0.6) is 0 Å². The first-order valence-electron chi connectivity index (χ1n) is 5.30. The van der Waals surface area contributed by atoms with Gasteiger partial charge < -0.3 is 5.10 Å². The third-order valence-corrected chi connectivity index (χ3v) is 3.03. The Labute approximate surface area is 91.5 Å². The maximum Gasteiger partial charge on any atom is 0.274 e. The minimum Gasteiger partial charge on any atom is -0.308 e. The molecule has 0 bridgehead atoms. The van der Waals surface area contributed by atoms with E-state index in [4.69, 9.17) is 6.57 Å². The third kappa shape index (κ3) is 1.10. The van der Waals surface area contributed by atoms with Crippen molar-refractivity contribution in [2.45, 2.75) is 25.7 Å². The maximum atomic E-state index is 12.1. The molecule has 0 saturated carbocycles. The summed E-state index contributed by atoms with van der Waals surface area (Å²) in [5.41, 5.74) is 2.50. The summed E-state index contributed by atoms with van der Waals surface area (Å²) in [7, 11) is 0. The summed E-state index contributed by atoms with van der Waals surface area (Å²) in [5.74, 6) is 0. The third-order valence-electron chi connectivity index (χ3n) is 3.03. The van der Waals surface area contributed by atoms with E-state index in [0.717, 1.165) is 36.9 Å². The van der Waals surface area contributed by atoms with Crippen LogP contribution in [0.25, 0.3) is 10.5 Å². The van der Waals surface area contributed by atoms with E-state index in [9.17, 15) is 4.79 Å². The van der Waals surface area contributed by atoms with E-state index in [1.807, 2.05) is 0 Å². The van der Waals surface area contributed by atoms with Crippen LogP contribution in [0.15, 0.2) is 11.0 Å². The number of hydrogen-bond acceptors (Lipinski definition) is 2. The molecule has 0 radical (unpaired) electrons. The molecule has 1 N–H and O–H groups in total. The Morgan fingerprint density at radius 3 is 3.06 bits per heavy atom. The number of nitrogens with one attached hydrogen (secondary N) is 1. The van der Waals surface area contributed by atoms with Crippen LogP contribution >= 0.6 is 0 Å². The Morgan fingerprint density at radius 1 is 1.44 bits per heavy atom. The molecule has 0 unspecified atom stereocenters. The van der Waals surface area contributed by atoms with E-state index in [2.05, 4.69) is 14.9 Å². The predicted octanol–water partition coefficient (Wildman–Crippen LogP) is 1.45. The smallest absolute Gasteiger partial charge is 0.274 e. The van der Waals surface area contributed by atoms with Gasteiger partial charge in [0.25, 0.3) is 5.56 Å². The highest BCUT2D eigenvalue weighted by Crippen LogP contribution is 2.21. The molecule has 2 aromatic rings. The highest BCUT2D eigenvalue weighted by Gasteiger charge is 2.18. The maximum absolute atomic E-state index is 12.1. The second kappa shape index (κ2) is 3.20. The first kappa shape index (κ1) is 9.16.